The van der Waals surface area contributed by atoms with Crippen LogP contribution in [-0.4, -0.2) is 89.6 Å². The quantitative estimate of drug-likeness (QED) is 0.167. The summed E-state index contributed by atoms with van der Waals surface area (Å²) in [6.07, 6.45) is 7.90. The van der Waals surface area contributed by atoms with Gasteiger partial charge < -0.3 is 38.7 Å². The van der Waals surface area contributed by atoms with E-state index in [1.807, 2.05) is 44.2 Å². The SMILES string of the molecule is CO/N=C(/C(=O)O[C@H]1/C(C)=C/C[C@@H]2C[C@@H](CC3(CC[C@H](C)[C@@H](C(C)C)O3)O2)OC(=O)C2=CC(C)[C@@H](O)C3OC/C(=C\C=C\[C@@H]1C)[C@@]23O)c1ccccc1. The van der Waals surface area contributed by atoms with Gasteiger partial charge in [0.25, 0.3) is 0 Å². The number of esters is 2. The number of allylic oxidation sites excluding steroid dienone is 2. The molecule has 0 aromatic heterocycles. The van der Waals surface area contributed by atoms with E-state index in [1.165, 1.54) is 7.11 Å². The molecule has 3 unspecified atom stereocenters. The summed E-state index contributed by atoms with van der Waals surface area (Å²) in [6.45, 7) is 12.1. The third-order valence-corrected chi connectivity index (χ3v) is 11.5. The van der Waals surface area contributed by atoms with Crippen molar-refractivity contribution in [3.8, 4) is 0 Å². The van der Waals surface area contributed by atoms with Crippen molar-refractivity contribution in [2.24, 2.45) is 28.8 Å². The molecule has 3 saturated heterocycles. The minimum absolute atomic E-state index is 0.00458. The molecular weight excluding hydrogens is 678 g/mol. The van der Waals surface area contributed by atoms with Crippen LogP contribution < -0.4 is 0 Å². The van der Waals surface area contributed by atoms with Crippen LogP contribution in [0.1, 0.15) is 79.2 Å². The van der Waals surface area contributed by atoms with Gasteiger partial charge in [0, 0.05) is 36.7 Å². The van der Waals surface area contributed by atoms with Gasteiger partial charge in [0.1, 0.15) is 31.0 Å². The Labute approximate surface area is 312 Å². The van der Waals surface area contributed by atoms with Crippen LogP contribution >= 0.6 is 0 Å². The van der Waals surface area contributed by atoms with Crippen LogP contribution in [0.5, 0.6) is 0 Å². The van der Waals surface area contributed by atoms with Gasteiger partial charge in [-0.2, -0.15) is 0 Å². The number of oxime groups is 1. The summed E-state index contributed by atoms with van der Waals surface area (Å²) < 4.78 is 32.1. The molecule has 1 spiro atoms. The van der Waals surface area contributed by atoms with E-state index < -0.39 is 53.7 Å². The molecule has 288 valence electrons. The predicted octanol–water partition coefficient (Wildman–Crippen LogP) is 5.74. The molecule has 3 fully saturated rings. The summed E-state index contributed by atoms with van der Waals surface area (Å²) >= 11 is 0. The van der Waals surface area contributed by atoms with E-state index in [0.29, 0.717) is 42.7 Å². The normalized spacial score (nSPS) is 40.6. The van der Waals surface area contributed by atoms with Gasteiger partial charge in [0.15, 0.2) is 11.5 Å². The van der Waals surface area contributed by atoms with Gasteiger partial charge >= 0.3 is 11.9 Å². The molecule has 0 amide bonds. The summed E-state index contributed by atoms with van der Waals surface area (Å²) in [6, 6.07) is 9.00. The Morgan fingerprint density at radius 2 is 1.83 bits per heavy atom. The van der Waals surface area contributed by atoms with Crippen molar-refractivity contribution in [2.75, 3.05) is 13.7 Å². The maximum atomic E-state index is 14.2. The number of hydrogen-bond donors (Lipinski definition) is 2. The van der Waals surface area contributed by atoms with Gasteiger partial charge in [-0.3, -0.25) is 0 Å². The highest BCUT2D eigenvalue weighted by Crippen LogP contribution is 2.47. The average Bonchev–Trinajstić information content (AvgIpc) is 3.47. The molecular formula is C42H55NO10. The number of carbonyl (C=O) groups is 2. The number of fused-ring (bicyclic) bond motifs is 2. The molecule has 1 aromatic rings. The number of ether oxygens (including phenoxy) is 5. The summed E-state index contributed by atoms with van der Waals surface area (Å²) in [5.74, 6) is -2.46. The Morgan fingerprint density at radius 3 is 2.55 bits per heavy atom. The van der Waals surface area contributed by atoms with Gasteiger partial charge in [-0.25, -0.2) is 9.59 Å². The molecule has 1 aliphatic carbocycles. The Bertz CT molecular complexity index is 1660. The van der Waals surface area contributed by atoms with Gasteiger partial charge in [-0.1, -0.05) is 100 Å². The monoisotopic (exact) mass is 733 g/mol. The van der Waals surface area contributed by atoms with Crippen molar-refractivity contribution in [1.29, 1.82) is 0 Å². The Kier molecular flexibility index (Phi) is 11.8. The predicted molar refractivity (Wildman–Crippen MR) is 197 cm³/mol. The largest absolute Gasteiger partial charge is 0.459 e. The first kappa shape index (κ1) is 39.1. The zero-order chi connectivity index (χ0) is 38.1. The zero-order valence-electron chi connectivity index (χ0n) is 31.9. The Morgan fingerprint density at radius 1 is 1.08 bits per heavy atom. The number of nitrogens with zero attached hydrogens (tertiary/aromatic N) is 1. The number of benzene rings is 1. The van der Waals surface area contributed by atoms with Gasteiger partial charge in [-0.05, 0) is 42.7 Å². The summed E-state index contributed by atoms with van der Waals surface area (Å²) in [5, 5.41) is 27.5. The van der Waals surface area contributed by atoms with Crippen LogP contribution in [0.2, 0.25) is 0 Å². The molecule has 4 heterocycles. The zero-order valence-corrected chi connectivity index (χ0v) is 31.9. The number of aliphatic hydroxyl groups is 2. The molecule has 11 heteroatoms. The molecule has 11 nitrogen and oxygen atoms in total. The second kappa shape index (κ2) is 16.0. The van der Waals surface area contributed by atoms with E-state index in [4.69, 9.17) is 28.5 Å². The summed E-state index contributed by atoms with van der Waals surface area (Å²) in [5.41, 5.74) is -0.0379. The van der Waals surface area contributed by atoms with E-state index in [9.17, 15) is 19.8 Å². The highest BCUT2D eigenvalue weighted by molar-refractivity contribution is 6.43. The molecule has 2 N–H and O–H groups in total. The minimum Gasteiger partial charge on any atom is -0.459 e. The van der Waals surface area contributed by atoms with Crippen molar-refractivity contribution in [2.45, 2.75) is 122 Å². The average molecular weight is 734 g/mol. The maximum absolute atomic E-state index is 14.2. The standard InChI is InChI=1S/C42H55NO10/c1-24(2)36-27(5)18-19-41(53-36)22-32-21-31(52-41)17-16-26(4)37(51-40(46)34(43-48-7)29-13-9-8-10-14-29)25(3)12-11-15-30-23-49-38-35(44)28(6)20-33(39(45)50-32)42(30,38)47/h8-16,20,24-25,27-28,31-32,35-38,44,47H,17-19,21-23H2,1-7H3/b12-11+,26-16+,30-15+,43-34+/t25-,27-,28?,31+,32-,35+,36+,37+,38?,41?,42+/m0/s1. The van der Waals surface area contributed by atoms with Crippen molar-refractivity contribution >= 4 is 17.7 Å². The van der Waals surface area contributed by atoms with Crippen LogP contribution in [0.15, 0.2) is 82.6 Å². The van der Waals surface area contributed by atoms with Crippen LogP contribution in [-0.2, 0) is 38.1 Å². The molecule has 5 aliphatic rings. The van der Waals surface area contributed by atoms with Gasteiger partial charge in [0.2, 0.25) is 0 Å². The number of carbonyl (C=O) groups excluding carboxylic acids is 2. The van der Waals surface area contributed by atoms with E-state index >= 15 is 0 Å². The maximum Gasteiger partial charge on any atom is 0.361 e. The lowest BCUT2D eigenvalue weighted by Crippen LogP contribution is -2.56. The fourth-order valence-corrected chi connectivity index (χ4v) is 8.63. The van der Waals surface area contributed by atoms with Gasteiger partial charge in [-0.15, -0.1) is 0 Å². The van der Waals surface area contributed by atoms with Crippen molar-refractivity contribution in [3.63, 3.8) is 0 Å². The lowest BCUT2D eigenvalue weighted by molar-refractivity contribution is -0.339. The second-order valence-electron chi connectivity index (χ2n) is 15.8. The van der Waals surface area contributed by atoms with Crippen LogP contribution in [0.4, 0.5) is 0 Å². The highest BCUT2D eigenvalue weighted by atomic mass is 16.7. The molecule has 1 aromatic carbocycles. The number of aliphatic hydroxyl groups excluding tert-OH is 1. The van der Waals surface area contributed by atoms with E-state index in [-0.39, 0.29) is 41.9 Å². The van der Waals surface area contributed by atoms with Crippen molar-refractivity contribution in [3.05, 3.63) is 83.0 Å². The van der Waals surface area contributed by atoms with Crippen LogP contribution in [0.3, 0.4) is 0 Å². The molecule has 0 saturated carbocycles. The topological polar surface area (TPSA) is 142 Å². The molecule has 4 aliphatic heterocycles. The lowest BCUT2D eigenvalue weighted by Gasteiger charge is -2.50. The number of rotatable bonds is 5. The fourth-order valence-electron chi connectivity index (χ4n) is 8.63. The molecule has 2 bridgehead atoms. The fraction of sp³-hybridized carbons (Fsp3) is 0.595. The minimum atomic E-state index is -1.90. The Balaban J connectivity index is 1.40. The molecule has 0 radical (unpaired) electrons. The molecule has 6 rings (SSSR count). The summed E-state index contributed by atoms with van der Waals surface area (Å²) in [4.78, 5) is 33.0. The third kappa shape index (κ3) is 7.96. The molecule has 53 heavy (non-hydrogen) atoms. The first-order valence-corrected chi connectivity index (χ1v) is 19.0. The number of hydrogen-bond acceptors (Lipinski definition) is 11. The Hall–Kier alpha value is -3.61. The highest BCUT2D eigenvalue weighted by Gasteiger charge is 2.58. The van der Waals surface area contributed by atoms with Gasteiger partial charge in [0.05, 0.1) is 30.5 Å². The summed E-state index contributed by atoms with van der Waals surface area (Å²) in [7, 11) is 1.38. The second-order valence-corrected chi connectivity index (χ2v) is 15.8. The van der Waals surface area contributed by atoms with Crippen LogP contribution in [0, 0.1) is 23.7 Å². The first-order chi connectivity index (χ1) is 25.3. The first-order valence-electron chi connectivity index (χ1n) is 19.0. The van der Waals surface area contributed by atoms with Crippen molar-refractivity contribution in [1.82, 2.24) is 0 Å². The lowest BCUT2D eigenvalue weighted by atomic mass is 9.72. The third-order valence-electron chi connectivity index (χ3n) is 11.5. The molecule has 11 atom stereocenters. The van der Waals surface area contributed by atoms with E-state index in [0.717, 1.165) is 12.0 Å². The van der Waals surface area contributed by atoms with Crippen LogP contribution in [0.25, 0.3) is 0 Å². The van der Waals surface area contributed by atoms with Crippen molar-refractivity contribution < 1.29 is 48.3 Å². The van der Waals surface area contributed by atoms with E-state index in [2.05, 4.69) is 25.9 Å². The van der Waals surface area contributed by atoms with E-state index in [1.54, 1.807) is 37.3 Å². The smallest absolute Gasteiger partial charge is 0.361 e.